The van der Waals surface area contributed by atoms with Crippen LogP contribution in [0.3, 0.4) is 0 Å². The molecule has 10 nitrogen and oxygen atoms in total. The molecule has 4 aliphatic rings. The molecule has 13 atom stereocenters. The molecule has 0 spiro atoms. The Balaban J connectivity index is 1.67. The highest BCUT2D eigenvalue weighted by molar-refractivity contribution is 5.91. The zero-order valence-electron chi connectivity index (χ0n) is 28.9. The highest BCUT2D eigenvalue weighted by Gasteiger charge is 2.55. The first-order chi connectivity index (χ1) is 21.2. The third-order valence-electron chi connectivity index (χ3n) is 10.9. The van der Waals surface area contributed by atoms with E-state index in [0.717, 1.165) is 26.1 Å². The Hall–Kier alpha value is -1.40. The fraction of sp³-hybridized carbons (Fsp3) is 0.886. The fourth-order valence-electron chi connectivity index (χ4n) is 7.78. The van der Waals surface area contributed by atoms with Gasteiger partial charge in [-0.3, -0.25) is 9.59 Å². The number of ether oxygens (including phenoxy) is 4. The van der Waals surface area contributed by atoms with Crippen LogP contribution in [0.4, 0.5) is 0 Å². The summed E-state index contributed by atoms with van der Waals surface area (Å²) in [4.78, 5) is 31.2. The Kier molecular flexibility index (Phi) is 12.7. The predicted molar refractivity (Wildman–Crippen MR) is 171 cm³/mol. The van der Waals surface area contributed by atoms with E-state index in [1.807, 2.05) is 66.6 Å². The molecule has 4 heterocycles. The van der Waals surface area contributed by atoms with E-state index in [4.69, 9.17) is 18.9 Å². The van der Waals surface area contributed by atoms with Crippen LogP contribution in [-0.4, -0.2) is 120 Å². The monoisotopic (exact) mass is 636 g/mol. The minimum Gasteiger partial charge on any atom is -0.462 e. The van der Waals surface area contributed by atoms with E-state index in [0.29, 0.717) is 19.3 Å². The molecule has 0 aromatic rings. The van der Waals surface area contributed by atoms with Crippen molar-refractivity contribution in [2.45, 2.75) is 141 Å². The van der Waals surface area contributed by atoms with Gasteiger partial charge in [0.2, 0.25) is 0 Å². The van der Waals surface area contributed by atoms with Crippen LogP contribution >= 0.6 is 0 Å². The van der Waals surface area contributed by atoms with Crippen LogP contribution in [0.1, 0.15) is 86.5 Å². The van der Waals surface area contributed by atoms with Crippen molar-refractivity contribution in [2.24, 2.45) is 23.7 Å². The molecule has 0 aliphatic carbocycles. The second-order valence-corrected chi connectivity index (χ2v) is 14.8. The first-order valence-electron chi connectivity index (χ1n) is 17.4. The molecular formula is C35H60N2O8. The average Bonchev–Trinajstić information content (AvgIpc) is 3.38. The van der Waals surface area contributed by atoms with E-state index in [1.54, 1.807) is 6.08 Å². The molecule has 0 radical (unpaired) electrons. The van der Waals surface area contributed by atoms with Gasteiger partial charge in [-0.1, -0.05) is 27.7 Å². The number of hydrogen-bond acceptors (Lipinski definition) is 10. The Morgan fingerprint density at radius 2 is 1.76 bits per heavy atom. The summed E-state index contributed by atoms with van der Waals surface area (Å²) in [6.07, 6.45) is 4.15. The van der Waals surface area contributed by atoms with Crippen molar-refractivity contribution in [2.75, 3.05) is 33.7 Å². The topological polar surface area (TPSA) is 121 Å². The zero-order chi connectivity index (χ0) is 33.1. The molecule has 0 aromatic carbocycles. The minimum atomic E-state index is -1.05. The van der Waals surface area contributed by atoms with Gasteiger partial charge >= 0.3 is 5.97 Å². The molecule has 0 aromatic heterocycles. The normalized spacial score (nSPS) is 44.9. The molecule has 0 saturated carbocycles. The van der Waals surface area contributed by atoms with Gasteiger partial charge in [0.1, 0.15) is 17.8 Å². The predicted octanol–water partition coefficient (Wildman–Crippen LogP) is 3.57. The highest BCUT2D eigenvalue weighted by atomic mass is 16.7. The van der Waals surface area contributed by atoms with Gasteiger partial charge < -0.3 is 39.0 Å². The van der Waals surface area contributed by atoms with Crippen molar-refractivity contribution in [3.63, 3.8) is 0 Å². The van der Waals surface area contributed by atoms with Gasteiger partial charge in [-0.05, 0) is 104 Å². The lowest BCUT2D eigenvalue weighted by Gasteiger charge is -2.44. The van der Waals surface area contributed by atoms with Crippen molar-refractivity contribution >= 4 is 11.8 Å². The number of aliphatic hydroxyl groups excluding tert-OH is 2. The number of carbonyl (C=O) groups excluding carboxylic acids is 2. The SMILES string of the molecule is CC[C@H]1OC(=O)CC(O)[C@H](C)[C@@H](O[C@@H]2O[C@H](C)C[C@H](N(C)C)[C@H]2O)[C@@H](CCN2CCCC2)C[C@@H](C)C(=O)/C=C/[C@]2(C)O[C@@H]2[C@@H]1C. The fourth-order valence-corrected chi connectivity index (χ4v) is 7.78. The summed E-state index contributed by atoms with van der Waals surface area (Å²) in [5.41, 5.74) is -0.589. The van der Waals surface area contributed by atoms with Crippen molar-refractivity contribution in [3.8, 4) is 0 Å². The van der Waals surface area contributed by atoms with Crippen LogP contribution in [0.15, 0.2) is 12.2 Å². The van der Waals surface area contributed by atoms with E-state index in [-0.39, 0.29) is 54.3 Å². The van der Waals surface area contributed by atoms with Gasteiger partial charge in [-0.15, -0.1) is 0 Å². The van der Waals surface area contributed by atoms with Crippen molar-refractivity contribution < 1.29 is 38.7 Å². The number of aliphatic hydroxyl groups is 2. The number of likely N-dealkylation sites (N-methyl/N-ethyl adjacent to an activating group) is 1. The highest BCUT2D eigenvalue weighted by Crippen LogP contribution is 2.45. The van der Waals surface area contributed by atoms with E-state index < -0.39 is 42.1 Å². The van der Waals surface area contributed by atoms with Gasteiger partial charge in [-0.25, -0.2) is 0 Å². The van der Waals surface area contributed by atoms with Crippen molar-refractivity contribution in [3.05, 3.63) is 12.2 Å². The largest absolute Gasteiger partial charge is 0.462 e. The molecule has 4 rings (SSSR count). The summed E-state index contributed by atoms with van der Waals surface area (Å²) in [5, 5.41) is 22.9. The van der Waals surface area contributed by atoms with Crippen LogP contribution in [0.5, 0.6) is 0 Å². The summed E-state index contributed by atoms with van der Waals surface area (Å²) in [6.45, 7) is 14.7. The molecule has 10 heteroatoms. The Morgan fingerprint density at radius 1 is 1.07 bits per heavy atom. The van der Waals surface area contributed by atoms with Gasteiger partial charge in [0.15, 0.2) is 12.1 Å². The zero-order valence-corrected chi connectivity index (χ0v) is 28.9. The second kappa shape index (κ2) is 15.7. The molecule has 4 aliphatic heterocycles. The van der Waals surface area contributed by atoms with E-state index >= 15 is 0 Å². The molecule has 258 valence electrons. The van der Waals surface area contributed by atoms with Crippen molar-refractivity contribution in [1.29, 1.82) is 0 Å². The summed E-state index contributed by atoms with van der Waals surface area (Å²) in [5.74, 6) is -1.44. The van der Waals surface area contributed by atoms with Crippen LogP contribution in [0, 0.1) is 23.7 Å². The van der Waals surface area contributed by atoms with Crippen LogP contribution in [-0.2, 0) is 28.5 Å². The smallest absolute Gasteiger partial charge is 0.308 e. The Bertz CT molecular complexity index is 1020. The molecule has 1 unspecified atom stereocenters. The maximum absolute atomic E-state index is 13.5. The Labute approximate surface area is 270 Å². The van der Waals surface area contributed by atoms with Gasteiger partial charge in [0.05, 0.1) is 30.8 Å². The number of fused-ring (bicyclic) bond motifs is 1. The maximum atomic E-state index is 13.5. The number of allylic oxidation sites excluding steroid dienone is 1. The number of epoxide rings is 1. The van der Waals surface area contributed by atoms with Gasteiger partial charge in [-0.2, -0.15) is 0 Å². The molecule has 3 saturated heterocycles. The summed E-state index contributed by atoms with van der Waals surface area (Å²) >= 11 is 0. The molecule has 3 fully saturated rings. The lowest BCUT2D eigenvalue weighted by Crippen LogP contribution is -2.56. The minimum absolute atomic E-state index is 0.0251. The third-order valence-corrected chi connectivity index (χ3v) is 10.9. The van der Waals surface area contributed by atoms with E-state index in [1.165, 1.54) is 12.8 Å². The van der Waals surface area contributed by atoms with Crippen LogP contribution < -0.4 is 0 Å². The first-order valence-corrected chi connectivity index (χ1v) is 17.4. The number of hydrogen-bond donors (Lipinski definition) is 2. The molecule has 45 heavy (non-hydrogen) atoms. The lowest BCUT2D eigenvalue weighted by atomic mass is 9.79. The quantitative estimate of drug-likeness (QED) is 0.317. The van der Waals surface area contributed by atoms with Gasteiger partial charge in [0.25, 0.3) is 0 Å². The maximum Gasteiger partial charge on any atom is 0.308 e. The van der Waals surface area contributed by atoms with E-state index in [2.05, 4.69) is 4.90 Å². The average molecular weight is 637 g/mol. The van der Waals surface area contributed by atoms with Crippen molar-refractivity contribution in [1.82, 2.24) is 9.80 Å². The summed E-state index contributed by atoms with van der Waals surface area (Å²) in [6, 6.07) is -0.156. The summed E-state index contributed by atoms with van der Waals surface area (Å²) < 4.78 is 24.9. The Morgan fingerprint density at radius 3 is 2.40 bits per heavy atom. The number of carbonyl (C=O) groups is 2. The number of nitrogens with zero attached hydrogens (tertiary/aromatic N) is 2. The van der Waals surface area contributed by atoms with Crippen LogP contribution in [0.25, 0.3) is 0 Å². The number of cyclic esters (lactones) is 1. The third kappa shape index (κ3) is 9.15. The summed E-state index contributed by atoms with van der Waals surface area (Å²) in [7, 11) is 3.87. The molecular weight excluding hydrogens is 576 g/mol. The number of rotatable bonds is 7. The first kappa shape index (κ1) is 36.4. The van der Waals surface area contributed by atoms with E-state index in [9.17, 15) is 19.8 Å². The number of esters is 1. The lowest BCUT2D eigenvalue weighted by molar-refractivity contribution is -0.283. The molecule has 0 bridgehead atoms. The number of ketones is 1. The molecule has 2 N–H and O–H groups in total. The molecule has 0 amide bonds. The second-order valence-electron chi connectivity index (χ2n) is 14.8. The van der Waals surface area contributed by atoms with Gasteiger partial charge in [0, 0.05) is 23.8 Å². The standard InChI is InChI=1S/C35H60N2O8/c1-9-29-24(5)33-35(6,45-33)14-12-27(38)21(2)18-25(13-17-37-15-10-11-16-37)32(23(4)28(39)20-30(40)43-29)44-34-31(41)26(36(7)8)19-22(3)42-34/h12,14,21-26,28-29,31-34,39,41H,9-11,13,15-20H2,1-8H3/b14-12+/t21-,22-,23+,24-,25+,26+,28?,29-,31-,32-,33-,34+,35+/m1/s1. The number of likely N-dealkylation sites (tertiary alicyclic amines) is 1. The van der Waals surface area contributed by atoms with Crippen LogP contribution in [0.2, 0.25) is 0 Å².